The van der Waals surface area contributed by atoms with Gasteiger partial charge in [-0.15, -0.1) is 0 Å². The van der Waals surface area contributed by atoms with Crippen LogP contribution in [0.15, 0.2) is 30.3 Å². The number of likely N-dealkylation sites (tertiary alicyclic amines) is 1. The highest BCUT2D eigenvalue weighted by Crippen LogP contribution is 2.42. The van der Waals surface area contributed by atoms with Crippen LogP contribution in [0.4, 0.5) is 0 Å². The van der Waals surface area contributed by atoms with Crippen molar-refractivity contribution in [1.82, 2.24) is 4.90 Å². The van der Waals surface area contributed by atoms with Crippen LogP contribution in [0.2, 0.25) is 0 Å². The molecule has 86 valence electrons. The number of fused-ring (bicyclic) bond motifs is 2. The van der Waals surface area contributed by atoms with Gasteiger partial charge in [-0.3, -0.25) is 4.90 Å². The summed E-state index contributed by atoms with van der Waals surface area (Å²) in [5, 5.41) is 9.49. The summed E-state index contributed by atoms with van der Waals surface area (Å²) in [4.78, 5) is 2.52. The van der Waals surface area contributed by atoms with Gasteiger partial charge in [0.05, 0.1) is 6.61 Å². The molecule has 1 aliphatic heterocycles. The maximum atomic E-state index is 9.49. The van der Waals surface area contributed by atoms with Gasteiger partial charge in [0.2, 0.25) is 0 Å². The van der Waals surface area contributed by atoms with Gasteiger partial charge in [-0.25, -0.2) is 0 Å². The molecule has 1 heterocycles. The standard InChI is InChI=1S/C14H19NO/c16-10-14-12-6-7-13(8-12)15(14)9-11-4-2-1-3-5-11/h1-5,12-14,16H,6-10H2/t12-,13+,14+/m0/s1. The summed E-state index contributed by atoms with van der Waals surface area (Å²) in [5.41, 5.74) is 1.37. The zero-order valence-electron chi connectivity index (χ0n) is 9.55. The van der Waals surface area contributed by atoms with Crippen LogP contribution >= 0.6 is 0 Å². The van der Waals surface area contributed by atoms with Crippen molar-refractivity contribution in [2.45, 2.75) is 37.9 Å². The summed E-state index contributed by atoms with van der Waals surface area (Å²) < 4.78 is 0. The van der Waals surface area contributed by atoms with Crippen molar-refractivity contribution in [3.05, 3.63) is 35.9 Å². The molecule has 1 aliphatic carbocycles. The predicted molar refractivity (Wildman–Crippen MR) is 64.0 cm³/mol. The first-order chi connectivity index (χ1) is 7.88. The van der Waals surface area contributed by atoms with Crippen molar-refractivity contribution in [3.63, 3.8) is 0 Å². The molecule has 2 fully saturated rings. The third kappa shape index (κ3) is 1.66. The number of aliphatic hydroxyl groups is 1. The molecule has 0 unspecified atom stereocenters. The second kappa shape index (κ2) is 4.19. The first kappa shape index (κ1) is 10.3. The van der Waals surface area contributed by atoms with E-state index in [-0.39, 0.29) is 0 Å². The van der Waals surface area contributed by atoms with Crippen LogP contribution in [-0.4, -0.2) is 28.7 Å². The molecule has 1 aromatic rings. The molecule has 0 spiro atoms. The fraction of sp³-hybridized carbons (Fsp3) is 0.571. The lowest BCUT2D eigenvalue weighted by Crippen LogP contribution is -2.42. The molecule has 0 aromatic heterocycles. The zero-order valence-corrected chi connectivity index (χ0v) is 9.55. The molecule has 0 amide bonds. The molecule has 1 saturated heterocycles. The van der Waals surface area contributed by atoms with Gasteiger partial charge in [0, 0.05) is 18.6 Å². The van der Waals surface area contributed by atoms with Gasteiger partial charge in [-0.2, -0.15) is 0 Å². The number of hydrogen-bond acceptors (Lipinski definition) is 2. The Kier molecular flexibility index (Phi) is 2.70. The van der Waals surface area contributed by atoms with Crippen molar-refractivity contribution in [3.8, 4) is 0 Å². The van der Waals surface area contributed by atoms with Crippen LogP contribution < -0.4 is 0 Å². The topological polar surface area (TPSA) is 23.5 Å². The largest absolute Gasteiger partial charge is 0.395 e. The maximum absolute atomic E-state index is 9.49. The molecule has 1 aromatic carbocycles. The lowest BCUT2D eigenvalue weighted by molar-refractivity contribution is 0.0779. The maximum Gasteiger partial charge on any atom is 0.0589 e. The Bertz CT molecular complexity index is 351. The minimum Gasteiger partial charge on any atom is -0.395 e. The molecule has 1 saturated carbocycles. The van der Waals surface area contributed by atoms with E-state index in [0.717, 1.165) is 18.5 Å². The van der Waals surface area contributed by atoms with Crippen molar-refractivity contribution in [1.29, 1.82) is 0 Å². The Morgan fingerprint density at radius 2 is 2.00 bits per heavy atom. The summed E-state index contributed by atoms with van der Waals surface area (Å²) in [6.07, 6.45) is 3.95. The summed E-state index contributed by atoms with van der Waals surface area (Å²) in [7, 11) is 0. The third-order valence-electron chi connectivity index (χ3n) is 4.28. The molecule has 0 radical (unpaired) electrons. The summed E-state index contributed by atoms with van der Waals surface area (Å²) in [5.74, 6) is 0.749. The number of rotatable bonds is 3. The van der Waals surface area contributed by atoms with E-state index in [9.17, 15) is 5.11 Å². The van der Waals surface area contributed by atoms with Gasteiger partial charge in [0.15, 0.2) is 0 Å². The average molecular weight is 217 g/mol. The van der Waals surface area contributed by atoms with E-state index in [4.69, 9.17) is 0 Å². The van der Waals surface area contributed by atoms with E-state index in [0.29, 0.717) is 12.6 Å². The second-order valence-electron chi connectivity index (χ2n) is 5.13. The smallest absolute Gasteiger partial charge is 0.0589 e. The van der Waals surface area contributed by atoms with Gasteiger partial charge in [0.1, 0.15) is 0 Å². The van der Waals surface area contributed by atoms with Crippen LogP contribution in [0.1, 0.15) is 24.8 Å². The minimum absolute atomic E-state index is 0.327. The first-order valence-electron chi connectivity index (χ1n) is 6.29. The average Bonchev–Trinajstić information content (AvgIpc) is 2.91. The molecule has 2 nitrogen and oxygen atoms in total. The number of hydrogen-bond donors (Lipinski definition) is 1. The Balaban J connectivity index is 1.75. The predicted octanol–water partition coefficient (Wildman–Crippen LogP) is 2.03. The van der Waals surface area contributed by atoms with Crippen molar-refractivity contribution in [2.24, 2.45) is 5.92 Å². The van der Waals surface area contributed by atoms with Gasteiger partial charge in [-0.1, -0.05) is 30.3 Å². The highest BCUT2D eigenvalue weighted by atomic mass is 16.3. The van der Waals surface area contributed by atoms with E-state index in [1.807, 2.05) is 0 Å². The minimum atomic E-state index is 0.327. The summed E-state index contributed by atoms with van der Waals surface area (Å²) >= 11 is 0. The molecule has 2 aliphatic rings. The van der Waals surface area contributed by atoms with E-state index in [1.165, 1.54) is 24.8 Å². The molecule has 2 heteroatoms. The van der Waals surface area contributed by atoms with Crippen LogP contribution in [0, 0.1) is 5.92 Å². The molecule has 3 atom stereocenters. The van der Waals surface area contributed by atoms with E-state index < -0.39 is 0 Å². The van der Waals surface area contributed by atoms with E-state index in [2.05, 4.69) is 35.2 Å². The lowest BCUT2D eigenvalue weighted by atomic mass is 9.99. The van der Waals surface area contributed by atoms with Gasteiger partial charge in [0.25, 0.3) is 0 Å². The molecule has 2 bridgehead atoms. The Morgan fingerprint density at radius 3 is 2.75 bits per heavy atom. The van der Waals surface area contributed by atoms with Crippen LogP contribution in [0.5, 0.6) is 0 Å². The highest BCUT2D eigenvalue weighted by Gasteiger charge is 2.44. The third-order valence-corrected chi connectivity index (χ3v) is 4.28. The fourth-order valence-corrected chi connectivity index (χ4v) is 3.48. The first-order valence-corrected chi connectivity index (χ1v) is 6.29. The molecule has 16 heavy (non-hydrogen) atoms. The van der Waals surface area contributed by atoms with Crippen LogP contribution in [0.3, 0.4) is 0 Å². The zero-order chi connectivity index (χ0) is 11.0. The summed E-state index contributed by atoms with van der Waals surface area (Å²) in [6.45, 7) is 1.33. The van der Waals surface area contributed by atoms with Crippen LogP contribution in [-0.2, 0) is 6.54 Å². The molecule has 1 N–H and O–H groups in total. The molecular formula is C14H19NO. The Labute approximate surface area is 96.9 Å². The number of nitrogens with zero attached hydrogens (tertiary/aromatic N) is 1. The molecule has 3 rings (SSSR count). The van der Waals surface area contributed by atoms with Crippen molar-refractivity contribution >= 4 is 0 Å². The summed E-state index contributed by atoms with van der Waals surface area (Å²) in [6, 6.07) is 11.8. The monoisotopic (exact) mass is 217 g/mol. The lowest BCUT2D eigenvalue weighted by Gasteiger charge is -2.34. The van der Waals surface area contributed by atoms with E-state index >= 15 is 0 Å². The van der Waals surface area contributed by atoms with Crippen molar-refractivity contribution < 1.29 is 5.11 Å². The van der Waals surface area contributed by atoms with Gasteiger partial charge < -0.3 is 5.11 Å². The van der Waals surface area contributed by atoms with E-state index in [1.54, 1.807) is 0 Å². The van der Waals surface area contributed by atoms with Crippen LogP contribution in [0.25, 0.3) is 0 Å². The number of piperidine rings is 1. The van der Waals surface area contributed by atoms with Gasteiger partial charge >= 0.3 is 0 Å². The number of aliphatic hydroxyl groups excluding tert-OH is 1. The normalized spacial score (nSPS) is 33.4. The molecular weight excluding hydrogens is 198 g/mol. The Morgan fingerprint density at radius 1 is 1.19 bits per heavy atom. The van der Waals surface area contributed by atoms with Gasteiger partial charge in [-0.05, 0) is 30.7 Å². The highest BCUT2D eigenvalue weighted by molar-refractivity contribution is 5.16. The number of benzene rings is 1. The quantitative estimate of drug-likeness (QED) is 0.837. The SMILES string of the molecule is OC[C@@H]1[C@H]2CC[C@H](C2)N1Cc1ccccc1. The Hall–Kier alpha value is -0.860. The fourth-order valence-electron chi connectivity index (χ4n) is 3.48. The van der Waals surface area contributed by atoms with Crippen molar-refractivity contribution in [2.75, 3.05) is 6.61 Å². The second-order valence-corrected chi connectivity index (χ2v) is 5.13.